The van der Waals surface area contributed by atoms with Crippen LogP contribution in [0, 0.1) is 11.7 Å². The summed E-state index contributed by atoms with van der Waals surface area (Å²) in [6.45, 7) is 6.62. The number of carbonyl (C=O) groups excluding carboxylic acids is 1. The molecule has 2 N–H and O–H groups in total. The minimum absolute atomic E-state index is 0.153. The van der Waals surface area contributed by atoms with Crippen molar-refractivity contribution in [3.05, 3.63) is 65.5 Å². The van der Waals surface area contributed by atoms with Crippen molar-refractivity contribution >= 4 is 21.8 Å². The van der Waals surface area contributed by atoms with Crippen LogP contribution in [0.25, 0.3) is 0 Å². The molecule has 8 nitrogen and oxygen atoms in total. The van der Waals surface area contributed by atoms with E-state index in [2.05, 4.69) is 19.9 Å². The van der Waals surface area contributed by atoms with E-state index in [1.165, 1.54) is 18.2 Å². The minimum Gasteiger partial charge on any atom is -0.379 e. The lowest BCUT2D eigenvalue weighted by atomic mass is 10.0. The zero-order chi connectivity index (χ0) is 24.3. The number of nitrogens with one attached hydrogen (secondary N) is 2. The Morgan fingerprint density at radius 3 is 2.50 bits per heavy atom. The first kappa shape index (κ1) is 24.3. The highest BCUT2D eigenvalue weighted by Gasteiger charge is 2.33. The highest BCUT2D eigenvalue weighted by atomic mass is 32.2. The van der Waals surface area contributed by atoms with Crippen molar-refractivity contribution in [2.75, 3.05) is 32.8 Å². The molecule has 0 radical (unpaired) electrons. The van der Waals surface area contributed by atoms with Crippen molar-refractivity contribution in [1.82, 2.24) is 14.9 Å². The number of aliphatic imine (C=N–C) groups is 1. The number of halogens is 1. The van der Waals surface area contributed by atoms with Gasteiger partial charge in [-0.25, -0.2) is 12.8 Å². The molecule has 1 unspecified atom stereocenters. The Kier molecular flexibility index (Phi) is 7.30. The molecule has 2 aromatic carbocycles. The number of sulfonamides is 1. The van der Waals surface area contributed by atoms with Crippen molar-refractivity contribution in [3.63, 3.8) is 0 Å². The lowest BCUT2D eigenvalue weighted by molar-refractivity contribution is -0.123. The number of rotatable bonds is 7. The molecule has 4 rings (SSSR count). The third-order valence-electron chi connectivity index (χ3n) is 6.04. The Balaban J connectivity index is 1.54. The summed E-state index contributed by atoms with van der Waals surface area (Å²) in [6, 6.07) is 11.9. The van der Waals surface area contributed by atoms with Gasteiger partial charge in [-0.2, -0.15) is 0 Å². The molecule has 182 valence electrons. The predicted molar refractivity (Wildman–Crippen MR) is 126 cm³/mol. The fraction of sp³-hybridized carbons (Fsp3) is 0.417. The van der Waals surface area contributed by atoms with E-state index in [-0.39, 0.29) is 34.4 Å². The second kappa shape index (κ2) is 10.2. The van der Waals surface area contributed by atoms with Crippen molar-refractivity contribution in [3.8, 4) is 0 Å². The summed E-state index contributed by atoms with van der Waals surface area (Å²) < 4.78 is 46.3. The average Bonchev–Trinajstić information content (AvgIpc) is 3.09. The third kappa shape index (κ3) is 5.29. The molecule has 2 aliphatic rings. The van der Waals surface area contributed by atoms with Crippen LogP contribution in [0.4, 0.5) is 4.39 Å². The molecule has 2 atom stereocenters. The number of carbonyl (C=O) groups is 1. The van der Waals surface area contributed by atoms with Gasteiger partial charge in [0.25, 0.3) is 10.0 Å². The van der Waals surface area contributed by atoms with Gasteiger partial charge < -0.3 is 10.1 Å². The fourth-order valence-corrected chi connectivity index (χ4v) is 5.45. The smallest absolute Gasteiger partial charge is 0.263 e. The van der Waals surface area contributed by atoms with E-state index >= 15 is 0 Å². The molecule has 2 heterocycles. The van der Waals surface area contributed by atoms with E-state index in [0.29, 0.717) is 38.4 Å². The summed E-state index contributed by atoms with van der Waals surface area (Å²) in [6.07, 6.45) is 0. The largest absolute Gasteiger partial charge is 0.379 e. The molecule has 0 aromatic heterocycles. The molecular weight excluding hydrogens is 459 g/mol. The number of amides is 1. The van der Waals surface area contributed by atoms with Crippen molar-refractivity contribution in [2.45, 2.75) is 30.8 Å². The Morgan fingerprint density at radius 1 is 1.15 bits per heavy atom. The molecule has 0 saturated carbocycles. The minimum atomic E-state index is -3.69. The maximum Gasteiger partial charge on any atom is 0.263 e. The molecule has 34 heavy (non-hydrogen) atoms. The number of hydrogen-bond donors (Lipinski definition) is 2. The summed E-state index contributed by atoms with van der Waals surface area (Å²) in [5.41, 5.74) is 1.35. The SMILES string of the molecule is CC(C)[C@H](N=C1NS(=O)(=O)c2ccccc21)C(=O)NCC(c1ccc(F)cc1)N1CCOCC1. The number of hydrogen-bond acceptors (Lipinski definition) is 6. The van der Waals surface area contributed by atoms with E-state index in [1.807, 2.05) is 13.8 Å². The van der Waals surface area contributed by atoms with Gasteiger partial charge in [-0.05, 0) is 35.7 Å². The third-order valence-corrected chi connectivity index (χ3v) is 7.44. The lowest BCUT2D eigenvalue weighted by Gasteiger charge is -2.35. The molecule has 2 aromatic rings. The number of nitrogens with zero attached hydrogens (tertiary/aromatic N) is 2. The van der Waals surface area contributed by atoms with Crippen molar-refractivity contribution in [2.24, 2.45) is 10.9 Å². The molecule has 0 spiro atoms. The number of benzene rings is 2. The first-order valence-corrected chi connectivity index (χ1v) is 12.8. The summed E-state index contributed by atoms with van der Waals surface area (Å²) in [4.78, 5) is 20.1. The Labute approximate surface area is 199 Å². The van der Waals surface area contributed by atoms with E-state index in [4.69, 9.17) is 4.74 Å². The van der Waals surface area contributed by atoms with Crippen LogP contribution in [-0.4, -0.2) is 64.0 Å². The Bertz CT molecular complexity index is 1160. The number of amidine groups is 1. The Hall–Kier alpha value is -2.82. The fourth-order valence-electron chi connectivity index (χ4n) is 4.21. The van der Waals surface area contributed by atoms with Crippen LogP contribution in [-0.2, 0) is 19.6 Å². The maximum atomic E-state index is 13.5. The maximum absolute atomic E-state index is 13.5. The van der Waals surface area contributed by atoms with Gasteiger partial charge in [0.2, 0.25) is 5.91 Å². The highest BCUT2D eigenvalue weighted by molar-refractivity contribution is 7.90. The van der Waals surface area contributed by atoms with Gasteiger partial charge in [-0.1, -0.05) is 38.1 Å². The second-order valence-electron chi connectivity index (χ2n) is 8.73. The van der Waals surface area contributed by atoms with Gasteiger partial charge in [-0.3, -0.25) is 19.4 Å². The van der Waals surface area contributed by atoms with Gasteiger partial charge in [0.1, 0.15) is 17.7 Å². The normalized spacial score (nSPS) is 20.5. The van der Waals surface area contributed by atoms with E-state index in [9.17, 15) is 17.6 Å². The summed E-state index contributed by atoms with van der Waals surface area (Å²) in [5.74, 6) is -0.611. The van der Waals surface area contributed by atoms with Crippen LogP contribution >= 0.6 is 0 Å². The second-order valence-corrected chi connectivity index (χ2v) is 10.4. The van der Waals surface area contributed by atoms with E-state index in [0.717, 1.165) is 5.56 Å². The molecule has 0 aliphatic carbocycles. The number of morpholine rings is 1. The van der Waals surface area contributed by atoms with Gasteiger partial charge in [0, 0.05) is 25.2 Å². The highest BCUT2D eigenvalue weighted by Crippen LogP contribution is 2.24. The molecule has 10 heteroatoms. The van der Waals surface area contributed by atoms with Gasteiger partial charge in [0.15, 0.2) is 0 Å². The van der Waals surface area contributed by atoms with Crippen LogP contribution in [0.3, 0.4) is 0 Å². The summed E-state index contributed by atoms with van der Waals surface area (Å²) in [5, 5.41) is 2.99. The van der Waals surface area contributed by atoms with Gasteiger partial charge in [0.05, 0.1) is 24.2 Å². The van der Waals surface area contributed by atoms with Crippen molar-refractivity contribution in [1.29, 1.82) is 0 Å². The average molecular weight is 489 g/mol. The number of fused-ring (bicyclic) bond motifs is 1. The lowest BCUT2D eigenvalue weighted by Crippen LogP contribution is -2.46. The summed E-state index contributed by atoms with van der Waals surface area (Å²) in [7, 11) is -3.69. The first-order valence-electron chi connectivity index (χ1n) is 11.3. The van der Waals surface area contributed by atoms with Gasteiger partial charge >= 0.3 is 0 Å². The van der Waals surface area contributed by atoms with Crippen LogP contribution in [0.2, 0.25) is 0 Å². The van der Waals surface area contributed by atoms with E-state index in [1.54, 1.807) is 30.3 Å². The molecule has 1 fully saturated rings. The first-order chi connectivity index (χ1) is 16.3. The summed E-state index contributed by atoms with van der Waals surface area (Å²) >= 11 is 0. The molecule has 1 amide bonds. The van der Waals surface area contributed by atoms with Crippen molar-refractivity contribution < 1.29 is 22.3 Å². The molecule has 2 aliphatic heterocycles. The van der Waals surface area contributed by atoms with E-state index < -0.39 is 16.1 Å². The van der Waals surface area contributed by atoms with Crippen LogP contribution in [0.1, 0.15) is 31.0 Å². The molecular formula is C24H29FN4O4S. The topological polar surface area (TPSA) is 100 Å². The van der Waals surface area contributed by atoms with Crippen LogP contribution in [0.5, 0.6) is 0 Å². The molecule has 1 saturated heterocycles. The van der Waals surface area contributed by atoms with Crippen LogP contribution in [0.15, 0.2) is 58.4 Å². The zero-order valence-electron chi connectivity index (χ0n) is 19.2. The molecule has 0 bridgehead atoms. The predicted octanol–water partition coefficient (Wildman–Crippen LogP) is 2.08. The zero-order valence-corrected chi connectivity index (χ0v) is 20.0. The quantitative estimate of drug-likeness (QED) is 0.622. The monoisotopic (exact) mass is 488 g/mol. The van der Waals surface area contributed by atoms with Crippen LogP contribution < -0.4 is 10.0 Å². The van der Waals surface area contributed by atoms with Gasteiger partial charge in [-0.15, -0.1) is 0 Å². The Morgan fingerprint density at radius 2 is 1.82 bits per heavy atom. The standard InChI is InChI=1S/C24H29FN4O4S/c1-16(2)22(27-23-19-5-3-4-6-21(19)34(31,32)28-23)24(30)26-15-20(29-11-13-33-14-12-29)17-7-9-18(25)10-8-17/h3-10,16,20,22H,11-15H2,1-2H3,(H,26,30)(H,27,28)/t20?,22-/m0/s1. The number of ether oxygens (including phenoxy) is 1.